The van der Waals surface area contributed by atoms with Crippen LogP contribution in [-0.4, -0.2) is 21.5 Å². The molecule has 3 rings (SSSR count). The zero-order chi connectivity index (χ0) is 17.5. The molecule has 0 spiro atoms. The third-order valence-corrected chi connectivity index (χ3v) is 3.66. The van der Waals surface area contributed by atoms with Crippen LogP contribution in [0.5, 0.6) is 0 Å². The Kier molecular flexibility index (Phi) is 5.51. The van der Waals surface area contributed by atoms with Crippen LogP contribution in [0.4, 0.5) is 16.2 Å². The third-order valence-electron chi connectivity index (χ3n) is 3.66. The summed E-state index contributed by atoms with van der Waals surface area (Å²) in [7, 11) is 0. The average Bonchev–Trinajstić information content (AvgIpc) is 2.62. The van der Waals surface area contributed by atoms with Crippen molar-refractivity contribution >= 4 is 11.8 Å². The molecule has 25 heavy (non-hydrogen) atoms. The number of anilines is 2. The lowest BCUT2D eigenvalue weighted by Gasteiger charge is -2.10. The summed E-state index contributed by atoms with van der Waals surface area (Å²) in [5.74, 6) is 1.13. The highest BCUT2D eigenvalue weighted by molar-refractivity contribution is 5.42. The van der Waals surface area contributed by atoms with E-state index in [1.807, 2.05) is 31.3 Å². The molecule has 0 amide bonds. The molecule has 2 N–H and O–H groups in total. The van der Waals surface area contributed by atoms with Gasteiger partial charge in [0.2, 0.25) is 5.95 Å². The molecule has 0 atom stereocenters. The Morgan fingerprint density at radius 1 is 1.00 bits per heavy atom. The summed E-state index contributed by atoms with van der Waals surface area (Å²) in [4.78, 5) is 13.0. The van der Waals surface area contributed by atoms with Crippen LogP contribution >= 0.6 is 0 Å². The van der Waals surface area contributed by atoms with E-state index in [-0.39, 0.29) is 5.82 Å². The summed E-state index contributed by atoms with van der Waals surface area (Å²) in [6.07, 6.45) is 4.35. The zero-order valence-electron chi connectivity index (χ0n) is 14.0. The molecule has 0 saturated carbocycles. The minimum atomic E-state index is -0.215. The van der Waals surface area contributed by atoms with Gasteiger partial charge in [-0.05, 0) is 42.7 Å². The summed E-state index contributed by atoms with van der Waals surface area (Å²) in [5, 5.41) is 6.50. The molecule has 0 bridgehead atoms. The van der Waals surface area contributed by atoms with Crippen LogP contribution in [0.15, 0.2) is 54.9 Å². The van der Waals surface area contributed by atoms with E-state index in [4.69, 9.17) is 0 Å². The molecule has 6 heteroatoms. The lowest BCUT2D eigenvalue weighted by Crippen LogP contribution is -2.10. The average molecular weight is 337 g/mol. The van der Waals surface area contributed by atoms with E-state index in [2.05, 4.69) is 25.6 Å². The Labute approximate surface area is 146 Å². The fraction of sp³-hybridized carbons (Fsp3) is 0.211. The van der Waals surface area contributed by atoms with Gasteiger partial charge >= 0.3 is 0 Å². The molecule has 5 nitrogen and oxygen atoms in total. The van der Waals surface area contributed by atoms with Crippen molar-refractivity contribution in [2.75, 3.05) is 17.2 Å². The molecule has 128 valence electrons. The largest absolute Gasteiger partial charge is 0.370 e. The monoisotopic (exact) mass is 337 g/mol. The van der Waals surface area contributed by atoms with Gasteiger partial charge in [-0.25, -0.2) is 9.37 Å². The van der Waals surface area contributed by atoms with Crippen LogP contribution in [0.25, 0.3) is 0 Å². The number of nitrogens with zero attached hydrogens (tertiary/aromatic N) is 3. The Morgan fingerprint density at radius 2 is 1.84 bits per heavy atom. The molecule has 0 unspecified atom stereocenters. The second kappa shape index (κ2) is 8.19. The number of nitrogens with one attached hydrogen (secondary N) is 2. The Bertz CT molecular complexity index is 806. The van der Waals surface area contributed by atoms with Crippen LogP contribution in [0, 0.1) is 12.7 Å². The van der Waals surface area contributed by atoms with E-state index in [0.717, 1.165) is 29.1 Å². The van der Waals surface area contributed by atoms with Gasteiger partial charge in [-0.1, -0.05) is 18.2 Å². The molecule has 0 radical (unpaired) electrons. The Morgan fingerprint density at radius 3 is 2.60 bits per heavy atom. The highest BCUT2D eigenvalue weighted by Crippen LogP contribution is 2.11. The minimum Gasteiger partial charge on any atom is -0.370 e. The molecule has 0 aliphatic rings. The quantitative estimate of drug-likeness (QED) is 0.690. The Balaban J connectivity index is 1.56. The first-order chi connectivity index (χ1) is 12.2. The van der Waals surface area contributed by atoms with Crippen LogP contribution in [0.3, 0.4) is 0 Å². The topological polar surface area (TPSA) is 62.7 Å². The lowest BCUT2D eigenvalue weighted by molar-refractivity contribution is 0.627. The number of pyridine rings is 1. The molecular weight excluding hydrogens is 317 g/mol. The number of hydrogen-bond donors (Lipinski definition) is 2. The number of rotatable bonds is 7. The molecule has 3 aromatic rings. The molecule has 2 aromatic heterocycles. The van der Waals surface area contributed by atoms with E-state index < -0.39 is 0 Å². The zero-order valence-corrected chi connectivity index (χ0v) is 14.0. The van der Waals surface area contributed by atoms with E-state index in [1.165, 1.54) is 12.1 Å². The van der Waals surface area contributed by atoms with Gasteiger partial charge in [0.15, 0.2) is 0 Å². The standard InChI is InChI=1S/C19H20FN5/c1-14-11-18(22-10-8-15-4-6-17(20)7-5-15)25-19(24-14)23-13-16-3-2-9-21-12-16/h2-7,9,11-12H,8,10,13H2,1H3,(H2,22,23,24,25). The van der Waals surface area contributed by atoms with Gasteiger partial charge in [0, 0.05) is 37.2 Å². The number of aromatic nitrogens is 3. The number of hydrogen-bond acceptors (Lipinski definition) is 5. The molecule has 0 aliphatic heterocycles. The van der Waals surface area contributed by atoms with Crippen LogP contribution < -0.4 is 10.6 Å². The molecular formula is C19H20FN5. The van der Waals surface area contributed by atoms with Crippen molar-refractivity contribution in [2.24, 2.45) is 0 Å². The molecule has 1 aromatic carbocycles. The van der Waals surface area contributed by atoms with Gasteiger partial charge in [0.05, 0.1) is 0 Å². The maximum absolute atomic E-state index is 12.9. The summed E-state index contributed by atoms with van der Waals surface area (Å²) >= 11 is 0. The van der Waals surface area contributed by atoms with Crippen LogP contribution in [0.2, 0.25) is 0 Å². The first kappa shape index (κ1) is 16.8. The van der Waals surface area contributed by atoms with Gasteiger partial charge in [0.1, 0.15) is 11.6 Å². The first-order valence-corrected chi connectivity index (χ1v) is 8.16. The maximum Gasteiger partial charge on any atom is 0.225 e. The van der Waals surface area contributed by atoms with E-state index in [0.29, 0.717) is 19.0 Å². The van der Waals surface area contributed by atoms with E-state index >= 15 is 0 Å². The predicted octanol–water partition coefficient (Wildman–Crippen LogP) is 3.59. The normalized spacial score (nSPS) is 10.5. The minimum absolute atomic E-state index is 0.215. The van der Waals surface area contributed by atoms with Crippen LogP contribution in [0.1, 0.15) is 16.8 Å². The number of halogens is 1. The highest BCUT2D eigenvalue weighted by Gasteiger charge is 2.03. The van der Waals surface area contributed by atoms with Gasteiger partial charge in [0.25, 0.3) is 0 Å². The van der Waals surface area contributed by atoms with Gasteiger partial charge in [-0.2, -0.15) is 4.98 Å². The molecule has 0 fully saturated rings. The summed E-state index contributed by atoms with van der Waals surface area (Å²) in [6.45, 7) is 3.26. The van der Waals surface area contributed by atoms with Gasteiger partial charge in [-0.15, -0.1) is 0 Å². The van der Waals surface area contributed by atoms with Crippen LogP contribution in [-0.2, 0) is 13.0 Å². The molecule has 0 aliphatic carbocycles. The van der Waals surface area contributed by atoms with Gasteiger partial charge in [-0.3, -0.25) is 4.98 Å². The van der Waals surface area contributed by atoms with E-state index in [1.54, 1.807) is 18.3 Å². The summed E-state index contributed by atoms with van der Waals surface area (Å²) in [6, 6.07) is 12.3. The summed E-state index contributed by atoms with van der Waals surface area (Å²) in [5.41, 5.74) is 3.03. The van der Waals surface area contributed by atoms with Gasteiger partial charge < -0.3 is 10.6 Å². The van der Waals surface area contributed by atoms with Crippen molar-refractivity contribution in [3.8, 4) is 0 Å². The van der Waals surface area contributed by atoms with Crippen molar-refractivity contribution in [1.29, 1.82) is 0 Å². The predicted molar refractivity (Wildman–Crippen MR) is 96.9 cm³/mol. The number of aryl methyl sites for hydroxylation is 1. The van der Waals surface area contributed by atoms with E-state index in [9.17, 15) is 4.39 Å². The fourth-order valence-electron chi connectivity index (χ4n) is 2.41. The smallest absolute Gasteiger partial charge is 0.225 e. The van der Waals surface area contributed by atoms with Crippen molar-refractivity contribution in [1.82, 2.24) is 15.0 Å². The molecule has 2 heterocycles. The maximum atomic E-state index is 12.9. The van der Waals surface area contributed by atoms with Crippen molar-refractivity contribution < 1.29 is 4.39 Å². The first-order valence-electron chi connectivity index (χ1n) is 8.16. The fourth-order valence-corrected chi connectivity index (χ4v) is 2.41. The second-order valence-electron chi connectivity index (χ2n) is 5.74. The number of benzene rings is 1. The highest BCUT2D eigenvalue weighted by atomic mass is 19.1. The second-order valence-corrected chi connectivity index (χ2v) is 5.74. The SMILES string of the molecule is Cc1cc(NCCc2ccc(F)cc2)nc(NCc2cccnc2)n1. The summed E-state index contributed by atoms with van der Waals surface area (Å²) < 4.78 is 12.9. The molecule has 0 saturated heterocycles. The lowest BCUT2D eigenvalue weighted by atomic mass is 10.1. The third kappa shape index (κ3) is 5.24. The Hall–Kier alpha value is -3.02. The van der Waals surface area contributed by atoms with Crippen molar-refractivity contribution in [3.05, 3.63) is 77.5 Å². The van der Waals surface area contributed by atoms with Crippen molar-refractivity contribution in [3.63, 3.8) is 0 Å². The van der Waals surface area contributed by atoms with Crippen molar-refractivity contribution in [2.45, 2.75) is 19.9 Å².